The second-order valence-corrected chi connectivity index (χ2v) is 13.9. The molecule has 0 aliphatic carbocycles. The molecule has 0 unspecified atom stereocenters. The predicted molar refractivity (Wildman–Crippen MR) is 212 cm³/mol. The van der Waals surface area contributed by atoms with Gasteiger partial charge < -0.3 is 13.7 Å². The highest BCUT2D eigenvalue weighted by atomic mass is 32.1. The quantitative estimate of drug-likeness (QED) is 0.189. The van der Waals surface area contributed by atoms with E-state index in [4.69, 9.17) is 8.83 Å². The second kappa shape index (κ2) is 10.6. The summed E-state index contributed by atoms with van der Waals surface area (Å²) in [6.45, 7) is 0. The van der Waals surface area contributed by atoms with E-state index in [9.17, 15) is 0 Å². The first-order chi connectivity index (χ1) is 24.8. The molecule has 0 amide bonds. The summed E-state index contributed by atoms with van der Waals surface area (Å²) in [5.41, 5.74) is 8.89. The van der Waals surface area contributed by atoms with Gasteiger partial charge in [-0.15, -0.1) is 11.3 Å². The average Bonchev–Trinajstić information content (AvgIpc) is 3.87. The maximum atomic E-state index is 6.90. The lowest BCUT2D eigenvalue weighted by molar-refractivity contribution is 0.668. The van der Waals surface area contributed by atoms with Crippen molar-refractivity contribution in [3.8, 4) is 11.1 Å². The van der Waals surface area contributed by atoms with Crippen LogP contribution >= 0.6 is 11.3 Å². The molecule has 0 saturated carbocycles. The van der Waals surface area contributed by atoms with Gasteiger partial charge in [-0.25, -0.2) is 0 Å². The Hall–Kier alpha value is -6.36. The summed E-state index contributed by atoms with van der Waals surface area (Å²) in [5, 5.41) is 9.24. The monoisotopic (exact) mass is 657 g/mol. The summed E-state index contributed by atoms with van der Waals surface area (Å²) >= 11 is 1.85. The highest BCUT2D eigenvalue weighted by Gasteiger charge is 2.23. The van der Waals surface area contributed by atoms with E-state index in [1.165, 1.54) is 31.3 Å². The van der Waals surface area contributed by atoms with Gasteiger partial charge in [0.25, 0.3) is 0 Å². The first-order valence-corrected chi connectivity index (χ1v) is 17.7. The van der Waals surface area contributed by atoms with Gasteiger partial charge in [0.1, 0.15) is 16.7 Å². The van der Waals surface area contributed by atoms with E-state index < -0.39 is 0 Å². The van der Waals surface area contributed by atoms with Crippen LogP contribution in [0.1, 0.15) is 0 Å². The van der Waals surface area contributed by atoms with E-state index in [0.29, 0.717) is 0 Å². The van der Waals surface area contributed by atoms with Crippen LogP contribution in [0, 0.1) is 0 Å². The van der Waals surface area contributed by atoms with Crippen molar-refractivity contribution >= 4 is 103 Å². The third-order valence-corrected chi connectivity index (χ3v) is 11.2. The molecule has 11 aromatic rings. The highest BCUT2D eigenvalue weighted by molar-refractivity contribution is 7.25. The number of rotatable bonds is 4. The van der Waals surface area contributed by atoms with E-state index in [1.54, 1.807) is 0 Å². The van der Waals surface area contributed by atoms with Crippen LogP contribution in [-0.4, -0.2) is 0 Å². The minimum absolute atomic E-state index is 0.850. The first-order valence-electron chi connectivity index (χ1n) is 16.8. The van der Waals surface area contributed by atoms with Crippen LogP contribution in [0.3, 0.4) is 0 Å². The SMILES string of the molecule is c1ccc2c(c1)ccc1c3cccc(N(c4ccc(-c5ccc6sc7ccccc7c6c5)cc4)c4cccc5oc6ccccc6c45)c3oc21. The van der Waals surface area contributed by atoms with Crippen LogP contribution in [0.25, 0.3) is 85.9 Å². The number of hydrogen-bond donors (Lipinski definition) is 0. The zero-order chi connectivity index (χ0) is 32.8. The molecule has 234 valence electrons. The predicted octanol–water partition coefficient (Wildman–Crippen LogP) is 14.1. The molecule has 0 bridgehead atoms. The van der Waals surface area contributed by atoms with Crippen molar-refractivity contribution in [1.82, 2.24) is 0 Å². The molecule has 0 spiro atoms. The Morgan fingerprint density at radius 3 is 2.00 bits per heavy atom. The molecule has 0 N–H and O–H groups in total. The third kappa shape index (κ3) is 4.03. The van der Waals surface area contributed by atoms with Crippen molar-refractivity contribution in [2.24, 2.45) is 0 Å². The number of benzene rings is 8. The normalized spacial score (nSPS) is 12.0. The fraction of sp³-hybridized carbons (Fsp3) is 0. The minimum atomic E-state index is 0.850. The van der Waals surface area contributed by atoms with Gasteiger partial charge in [-0.3, -0.25) is 0 Å². The van der Waals surface area contributed by atoms with Gasteiger partial charge >= 0.3 is 0 Å². The fourth-order valence-corrected chi connectivity index (χ4v) is 8.83. The van der Waals surface area contributed by atoms with Crippen LogP contribution in [0.5, 0.6) is 0 Å². The first kappa shape index (κ1) is 27.6. The Kier molecular flexibility index (Phi) is 5.83. The van der Waals surface area contributed by atoms with Crippen molar-refractivity contribution in [3.05, 3.63) is 164 Å². The molecule has 11 rings (SSSR count). The molecule has 4 heteroatoms. The van der Waals surface area contributed by atoms with E-state index in [2.05, 4.69) is 157 Å². The van der Waals surface area contributed by atoms with Gasteiger partial charge in [0.15, 0.2) is 5.58 Å². The second-order valence-electron chi connectivity index (χ2n) is 12.9. The summed E-state index contributed by atoms with van der Waals surface area (Å²) in [6.07, 6.45) is 0. The summed E-state index contributed by atoms with van der Waals surface area (Å²) in [7, 11) is 0. The smallest absolute Gasteiger partial charge is 0.159 e. The molecule has 3 heterocycles. The summed E-state index contributed by atoms with van der Waals surface area (Å²) < 4.78 is 15.9. The third-order valence-electron chi connectivity index (χ3n) is 10.1. The van der Waals surface area contributed by atoms with Gasteiger partial charge in [-0.05, 0) is 77.2 Å². The van der Waals surface area contributed by atoms with Gasteiger partial charge in [-0.1, -0.05) is 103 Å². The minimum Gasteiger partial charge on any atom is -0.456 e. The fourth-order valence-electron chi connectivity index (χ4n) is 7.75. The molecule has 3 aromatic heterocycles. The molecule has 0 radical (unpaired) electrons. The lowest BCUT2D eigenvalue weighted by Crippen LogP contribution is -2.10. The van der Waals surface area contributed by atoms with E-state index in [1.807, 2.05) is 23.5 Å². The Morgan fingerprint density at radius 2 is 1.08 bits per heavy atom. The molecule has 0 atom stereocenters. The zero-order valence-corrected chi connectivity index (χ0v) is 27.6. The molecular formula is C46H27NO2S. The molecule has 50 heavy (non-hydrogen) atoms. The molecule has 0 aliphatic rings. The van der Waals surface area contributed by atoms with Gasteiger partial charge in [-0.2, -0.15) is 0 Å². The van der Waals surface area contributed by atoms with Gasteiger partial charge in [0, 0.05) is 47.4 Å². The molecule has 8 aromatic carbocycles. The summed E-state index contributed by atoms with van der Waals surface area (Å²) in [4.78, 5) is 2.33. The Labute approximate surface area is 290 Å². The number of hydrogen-bond acceptors (Lipinski definition) is 4. The van der Waals surface area contributed by atoms with Gasteiger partial charge in [0.05, 0.1) is 16.8 Å². The lowest BCUT2D eigenvalue weighted by Gasteiger charge is -2.26. The number of fused-ring (bicyclic) bond motifs is 11. The maximum absolute atomic E-state index is 6.90. The Bertz CT molecular complexity index is 3110. The van der Waals surface area contributed by atoms with E-state index >= 15 is 0 Å². The van der Waals surface area contributed by atoms with E-state index in [0.717, 1.165) is 71.7 Å². The number of anilines is 3. The summed E-state index contributed by atoms with van der Waals surface area (Å²) in [5.74, 6) is 0. The highest BCUT2D eigenvalue weighted by Crippen LogP contribution is 2.47. The topological polar surface area (TPSA) is 29.5 Å². The van der Waals surface area contributed by atoms with Crippen molar-refractivity contribution < 1.29 is 8.83 Å². The average molecular weight is 658 g/mol. The van der Waals surface area contributed by atoms with Crippen molar-refractivity contribution in [1.29, 1.82) is 0 Å². The zero-order valence-electron chi connectivity index (χ0n) is 26.8. The standard InChI is InChI=1S/C46H27NO2S/c1-2-10-32-29(9-1)21-25-35-34-13-7-15-39(46(34)49-45(32)35)47(38-14-8-17-41-44(38)36-12-3-5-16-40(36)48-41)31-23-19-28(20-24-31)30-22-26-43-37(27-30)33-11-4-6-18-42(33)50-43/h1-27H. The van der Waals surface area contributed by atoms with Gasteiger partial charge in [0.2, 0.25) is 0 Å². The molecule has 0 saturated heterocycles. The van der Waals surface area contributed by atoms with Crippen molar-refractivity contribution in [2.45, 2.75) is 0 Å². The van der Waals surface area contributed by atoms with Crippen LogP contribution < -0.4 is 4.90 Å². The van der Waals surface area contributed by atoms with Crippen molar-refractivity contribution in [2.75, 3.05) is 4.90 Å². The Balaban J connectivity index is 1.14. The number of thiophene rings is 1. The van der Waals surface area contributed by atoms with Crippen LogP contribution in [0.15, 0.2) is 173 Å². The lowest BCUT2D eigenvalue weighted by atomic mass is 10.0. The maximum Gasteiger partial charge on any atom is 0.159 e. The van der Waals surface area contributed by atoms with Crippen molar-refractivity contribution in [3.63, 3.8) is 0 Å². The van der Waals surface area contributed by atoms with Crippen LogP contribution in [-0.2, 0) is 0 Å². The van der Waals surface area contributed by atoms with Crippen LogP contribution in [0.2, 0.25) is 0 Å². The number of para-hydroxylation sites is 2. The largest absolute Gasteiger partial charge is 0.456 e. The molecule has 3 nitrogen and oxygen atoms in total. The molecule has 0 fully saturated rings. The Morgan fingerprint density at radius 1 is 0.400 bits per heavy atom. The number of nitrogens with zero attached hydrogens (tertiary/aromatic N) is 1. The summed E-state index contributed by atoms with van der Waals surface area (Å²) in [6, 6.07) is 58.3. The van der Waals surface area contributed by atoms with Crippen LogP contribution in [0.4, 0.5) is 17.1 Å². The van der Waals surface area contributed by atoms with E-state index in [-0.39, 0.29) is 0 Å². The molecule has 0 aliphatic heterocycles. The number of furan rings is 2. The molecular weight excluding hydrogens is 631 g/mol.